The molecule has 0 radical (unpaired) electrons. The maximum atomic E-state index is 11.8. The van der Waals surface area contributed by atoms with E-state index in [1.807, 2.05) is 24.3 Å². The molecule has 0 spiro atoms. The third kappa shape index (κ3) is 6.55. The Hall–Kier alpha value is -0.890. The SMILES string of the molecule is COCC(N)C(=O)Nc1ccc(C(C)N2CCOCC2)cc1.Cl.Cl. The van der Waals surface area contributed by atoms with Crippen LogP contribution in [-0.2, 0) is 14.3 Å². The number of nitrogens with zero attached hydrogens (tertiary/aromatic N) is 1. The average Bonchev–Trinajstić information content (AvgIpc) is 2.56. The lowest BCUT2D eigenvalue weighted by molar-refractivity contribution is -0.118. The Balaban J connectivity index is 0.00000264. The average molecular weight is 380 g/mol. The smallest absolute Gasteiger partial charge is 0.243 e. The highest BCUT2D eigenvalue weighted by Crippen LogP contribution is 2.22. The fraction of sp³-hybridized carbons (Fsp3) is 0.562. The van der Waals surface area contributed by atoms with E-state index in [0.717, 1.165) is 32.0 Å². The molecule has 0 saturated carbocycles. The fourth-order valence-corrected chi connectivity index (χ4v) is 2.51. The van der Waals surface area contributed by atoms with Gasteiger partial charge in [0, 0.05) is 31.9 Å². The van der Waals surface area contributed by atoms with Gasteiger partial charge < -0.3 is 20.5 Å². The van der Waals surface area contributed by atoms with Crippen LogP contribution in [0.1, 0.15) is 18.5 Å². The number of nitrogens with two attached hydrogens (primary N) is 1. The summed E-state index contributed by atoms with van der Waals surface area (Å²) in [5, 5.41) is 2.79. The first-order valence-corrected chi connectivity index (χ1v) is 7.59. The van der Waals surface area contributed by atoms with Crippen LogP contribution in [0.4, 0.5) is 5.69 Å². The minimum Gasteiger partial charge on any atom is -0.383 e. The largest absolute Gasteiger partial charge is 0.383 e. The first-order chi connectivity index (χ1) is 10.6. The molecule has 1 aromatic carbocycles. The van der Waals surface area contributed by atoms with E-state index in [-0.39, 0.29) is 37.3 Å². The molecule has 1 aliphatic heterocycles. The number of hydrogen-bond acceptors (Lipinski definition) is 5. The third-order valence-corrected chi connectivity index (χ3v) is 3.94. The number of benzene rings is 1. The Bertz CT molecular complexity index is 482. The second-order valence-electron chi connectivity index (χ2n) is 5.50. The summed E-state index contributed by atoms with van der Waals surface area (Å²) in [4.78, 5) is 14.2. The van der Waals surface area contributed by atoms with Crippen LogP contribution < -0.4 is 11.1 Å². The Morgan fingerprint density at radius 2 is 1.88 bits per heavy atom. The van der Waals surface area contributed by atoms with Crippen LogP contribution in [0.2, 0.25) is 0 Å². The van der Waals surface area contributed by atoms with Crippen molar-refractivity contribution in [2.24, 2.45) is 5.73 Å². The Labute approximate surface area is 155 Å². The van der Waals surface area contributed by atoms with Gasteiger partial charge in [0.05, 0.1) is 19.8 Å². The summed E-state index contributed by atoms with van der Waals surface area (Å²) >= 11 is 0. The van der Waals surface area contributed by atoms with Crippen LogP contribution in [-0.4, -0.2) is 56.9 Å². The topological polar surface area (TPSA) is 76.8 Å². The molecule has 1 aromatic rings. The molecule has 0 bridgehead atoms. The fourth-order valence-electron chi connectivity index (χ4n) is 2.51. The van der Waals surface area contributed by atoms with Crippen LogP contribution in [0.15, 0.2) is 24.3 Å². The maximum Gasteiger partial charge on any atom is 0.243 e. The van der Waals surface area contributed by atoms with E-state index >= 15 is 0 Å². The number of ether oxygens (including phenoxy) is 2. The number of nitrogens with one attached hydrogen (secondary N) is 1. The highest BCUT2D eigenvalue weighted by atomic mass is 35.5. The summed E-state index contributed by atoms with van der Waals surface area (Å²) in [6.45, 7) is 5.87. The normalized spacial score (nSPS) is 17.1. The van der Waals surface area contributed by atoms with Crippen molar-refractivity contribution < 1.29 is 14.3 Å². The van der Waals surface area contributed by atoms with Crippen LogP contribution in [0.3, 0.4) is 0 Å². The molecule has 8 heteroatoms. The summed E-state index contributed by atoms with van der Waals surface area (Å²) < 4.78 is 10.3. The number of methoxy groups -OCH3 is 1. The zero-order valence-corrected chi connectivity index (χ0v) is 15.7. The van der Waals surface area contributed by atoms with Gasteiger partial charge in [0.1, 0.15) is 6.04 Å². The number of carbonyl (C=O) groups excluding carboxylic acids is 1. The molecule has 1 amide bonds. The molecule has 1 saturated heterocycles. The van der Waals surface area contributed by atoms with Gasteiger partial charge in [-0.05, 0) is 24.6 Å². The molecule has 2 unspecified atom stereocenters. The molecular weight excluding hydrogens is 353 g/mol. The van der Waals surface area contributed by atoms with Gasteiger partial charge in [-0.25, -0.2) is 0 Å². The maximum absolute atomic E-state index is 11.8. The number of halogens is 2. The number of morpholine rings is 1. The molecule has 1 heterocycles. The minimum atomic E-state index is -0.656. The number of hydrogen-bond donors (Lipinski definition) is 2. The zero-order valence-electron chi connectivity index (χ0n) is 14.1. The molecule has 2 rings (SSSR count). The molecule has 0 aromatic heterocycles. The Kier molecular flexibility index (Phi) is 11.2. The van der Waals surface area contributed by atoms with Crippen LogP contribution in [0.25, 0.3) is 0 Å². The summed E-state index contributed by atoms with van der Waals surface area (Å²) in [7, 11) is 1.52. The zero-order chi connectivity index (χ0) is 15.9. The summed E-state index contributed by atoms with van der Waals surface area (Å²) in [6.07, 6.45) is 0. The summed E-state index contributed by atoms with van der Waals surface area (Å²) in [6, 6.07) is 7.57. The van der Waals surface area contributed by atoms with Crippen LogP contribution in [0, 0.1) is 0 Å². The van der Waals surface area contributed by atoms with Crippen molar-refractivity contribution in [3.05, 3.63) is 29.8 Å². The van der Waals surface area contributed by atoms with Crippen molar-refractivity contribution in [1.82, 2.24) is 4.90 Å². The molecule has 2 atom stereocenters. The molecule has 0 aliphatic carbocycles. The van der Waals surface area contributed by atoms with E-state index in [0.29, 0.717) is 6.04 Å². The van der Waals surface area contributed by atoms with Crippen molar-refractivity contribution in [1.29, 1.82) is 0 Å². The lowest BCUT2D eigenvalue weighted by atomic mass is 10.1. The van der Waals surface area contributed by atoms with Crippen molar-refractivity contribution in [3.63, 3.8) is 0 Å². The van der Waals surface area contributed by atoms with E-state index in [9.17, 15) is 4.79 Å². The number of rotatable bonds is 6. The van der Waals surface area contributed by atoms with Gasteiger partial charge in [0.25, 0.3) is 0 Å². The molecule has 1 fully saturated rings. The van der Waals surface area contributed by atoms with E-state index in [4.69, 9.17) is 15.2 Å². The highest BCUT2D eigenvalue weighted by molar-refractivity contribution is 5.94. The predicted octanol–water partition coefficient (Wildman–Crippen LogP) is 1.84. The van der Waals surface area contributed by atoms with Gasteiger partial charge in [-0.1, -0.05) is 12.1 Å². The molecular formula is C16H27Cl2N3O3. The van der Waals surface area contributed by atoms with Gasteiger partial charge in [-0.2, -0.15) is 0 Å². The lowest BCUT2D eigenvalue weighted by Crippen LogP contribution is -2.39. The van der Waals surface area contributed by atoms with Crippen molar-refractivity contribution >= 4 is 36.4 Å². The van der Waals surface area contributed by atoms with Gasteiger partial charge in [0.2, 0.25) is 5.91 Å². The predicted molar refractivity (Wildman–Crippen MR) is 100 cm³/mol. The third-order valence-electron chi connectivity index (χ3n) is 3.94. The number of amides is 1. The molecule has 24 heavy (non-hydrogen) atoms. The van der Waals surface area contributed by atoms with Crippen LogP contribution in [0.5, 0.6) is 0 Å². The Morgan fingerprint density at radius 3 is 2.42 bits per heavy atom. The van der Waals surface area contributed by atoms with Gasteiger partial charge in [-0.3, -0.25) is 9.69 Å². The quantitative estimate of drug-likeness (QED) is 0.788. The van der Waals surface area contributed by atoms with E-state index in [1.54, 1.807) is 0 Å². The van der Waals surface area contributed by atoms with Crippen molar-refractivity contribution in [3.8, 4) is 0 Å². The second-order valence-corrected chi connectivity index (χ2v) is 5.50. The number of carbonyl (C=O) groups is 1. The molecule has 138 valence electrons. The first kappa shape index (κ1) is 23.1. The highest BCUT2D eigenvalue weighted by Gasteiger charge is 2.18. The number of anilines is 1. The second kappa shape index (κ2) is 11.6. The molecule has 3 N–H and O–H groups in total. The first-order valence-electron chi connectivity index (χ1n) is 7.59. The van der Waals surface area contributed by atoms with Crippen molar-refractivity contribution in [2.45, 2.75) is 19.0 Å². The van der Waals surface area contributed by atoms with E-state index < -0.39 is 6.04 Å². The standard InChI is InChI=1S/C16H25N3O3.2ClH/c1-12(19-7-9-22-10-8-19)13-3-5-14(6-4-13)18-16(20)15(17)11-21-2;;/h3-6,12,15H,7-11,17H2,1-2H3,(H,18,20);2*1H. The lowest BCUT2D eigenvalue weighted by Gasteiger charge is -2.32. The minimum absolute atomic E-state index is 0. The van der Waals surface area contributed by atoms with E-state index in [2.05, 4.69) is 17.1 Å². The van der Waals surface area contributed by atoms with Gasteiger partial charge in [0.15, 0.2) is 0 Å². The Morgan fingerprint density at radius 1 is 1.29 bits per heavy atom. The molecule has 1 aliphatic rings. The van der Waals surface area contributed by atoms with Gasteiger partial charge in [-0.15, -0.1) is 24.8 Å². The summed E-state index contributed by atoms with van der Waals surface area (Å²) in [5.41, 5.74) is 7.66. The molecule has 6 nitrogen and oxygen atoms in total. The summed E-state index contributed by atoms with van der Waals surface area (Å²) in [5.74, 6) is -0.240. The van der Waals surface area contributed by atoms with Gasteiger partial charge >= 0.3 is 0 Å². The monoisotopic (exact) mass is 379 g/mol. The van der Waals surface area contributed by atoms with E-state index in [1.165, 1.54) is 12.7 Å². The van der Waals surface area contributed by atoms with Crippen molar-refractivity contribution in [2.75, 3.05) is 45.3 Å². The van der Waals surface area contributed by atoms with Crippen LogP contribution >= 0.6 is 24.8 Å².